The summed E-state index contributed by atoms with van der Waals surface area (Å²) in [6.45, 7) is 13.2. The quantitative estimate of drug-likeness (QED) is 0.730. The predicted molar refractivity (Wildman–Crippen MR) is 76.6 cm³/mol. The highest BCUT2D eigenvalue weighted by atomic mass is 16.1. The molecule has 1 heteroatoms. The first kappa shape index (κ1) is 13.3. The lowest BCUT2D eigenvalue weighted by molar-refractivity contribution is 0.0978. The molecule has 0 atom stereocenters. The zero-order chi connectivity index (χ0) is 13.7. The Labute approximate surface area is 111 Å². The van der Waals surface area contributed by atoms with Crippen LogP contribution in [0, 0.1) is 0 Å². The van der Waals surface area contributed by atoms with Crippen LogP contribution in [-0.4, -0.2) is 5.78 Å². The predicted octanol–water partition coefficient (Wildman–Crippen LogP) is 4.80. The average Bonchev–Trinajstić information content (AvgIpc) is 2.48. The fourth-order valence-electron chi connectivity index (χ4n) is 2.91. The summed E-state index contributed by atoms with van der Waals surface area (Å²) in [4.78, 5) is 12.3. The molecule has 1 nitrogen and oxygen atoms in total. The van der Waals surface area contributed by atoms with Gasteiger partial charge in [-0.15, -0.1) is 0 Å². The van der Waals surface area contributed by atoms with E-state index in [2.05, 4.69) is 53.7 Å². The first-order chi connectivity index (χ1) is 8.24. The monoisotopic (exact) mass is 244 g/mol. The first-order valence-corrected chi connectivity index (χ1v) is 6.95. The van der Waals surface area contributed by atoms with E-state index >= 15 is 0 Å². The molecular formula is C17H24O. The van der Waals surface area contributed by atoms with Crippen LogP contribution in [0.5, 0.6) is 0 Å². The van der Waals surface area contributed by atoms with Crippen LogP contribution >= 0.6 is 0 Å². The Morgan fingerprint density at radius 3 is 2.17 bits per heavy atom. The summed E-state index contributed by atoms with van der Waals surface area (Å²) in [5.74, 6) is 1.25. The number of rotatable bonds is 2. The van der Waals surface area contributed by atoms with Crippen molar-refractivity contribution in [3.05, 3.63) is 34.4 Å². The number of Topliss-reactive ketones (excluding diaryl/α,β-unsaturated/α-hetero) is 1. The maximum Gasteiger partial charge on any atom is 0.164 e. The van der Waals surface area contributed by atoms with E-state index in [4.69, 9.17) is 0 Å². The van der Waals surface area contributed by atoms with Gasteiger partial charge in [0, 0.05) is 12.0 Å². The molecule has 1 aromatic rings. The summed E-state index contributed by atoms with van der Waals surface area (Å²) in [6, 6.07) is 4.50. The number of fused-ring (bicyclic) bond motifs is 1. The van der Waals surface area contributed by atoms with Gasteiger partial charge in [-0.05, 0) is 33.9 Å². The highest BCUT2D eigenvalue weighted by Crippen LogP contribution is 2.43. The molecule has 0 fully saturated rings. The van der Waals surface area contributed by atoms with Crippen LogP contribution < -0.4 is 0 Å². The van der Waals surface area contributed by atoms with E-state index in [1.54, 1.807) is 0 Å². The number of benzene rings is 1. The Morgan fingerprint density at radius 1 is 1.06 bits per heavy atom. The summed E-state index contributed by atoms with van der Waals surface area (Å²) in [7, 11) is 0. The van der Waals surface area contributed by atoms with Gasteiger partial charge in [0.25, 0.3) is 0 Å². The van der Waals surface area contributed by atoms with E-state index in [1.807, 2.05) is 0 Å². The minimum absolute atomic E-state index is 0.000949. The van der Waals surface area contributed by atoms with Gasteiger partial charge in [0.15, 0.2) is 5.78 Å². The molecule has 0 N–H and O–H groups in total. The van der Waals surface area contributed by atoms with Crippen LogP contribution in [0.4, 0.5) is 0 Å². The Bertz CT molecular complexity index is 493. The lowest BCUT2D eigenvalue weighted by atomic mass is 9.82. The largest absolute Gasteiger partial charge is 0.294 e. The second kappa shape index (κ2) is 4.22. The fourth-order valence-corrected chi connectivity index (χ4v) is 2.91. The molecular weight excluding hydrogens is 220 g/mol. The molecule has 2 rings (SSSR count). The van der Waals surface area contributed by atoms with Crippen molar-refractivity contribution in [2.24, 2.45) is 0 Å². The molecule has 1 aromatic carbocycles. The topological polar surface area (TPSA) is 17.1 Å². The van der Waals surface area contributed by atoms with E-state index in [0.29, 0.717) is 24.0 Å². The van der Waals surface area contributed by atoms with Gasteiger partial charge in [-0.25, -0.2) is 0 Å². The number of hydrogen-bond acceptors (Lipinski definition) is 1. The van der Waals surface area contributed by atoms with Crippen molar-refractivity contribution in [1.29, 1.82) is 0 Å². The normalized spacial score (nSPS) is 17.7. The smallest absolute Gasteiger partial charge is 0.164 e. The fraction of sp³-hybridized carbons (Fsp3) is 0.588. The molecule has 0 unspecified atom stereocenters. The van der Waals surface area contributed by atoms with Crippen molar-refractivity contribution >= 4 is 5.78 Å². The molecule has 0 amide bonds. The van der Waals surface area contributed by atoms with Crippen LogP contribution in [0.25, 0.3) is 0 Å². The third kappa shape index (κ3) is 2.00. The number of carbonyl (C=O) groups excluding carboxylic acids is 1. The maximum atomic E-state index is 12.3. The Hall–Kier alpha value is -1.11. The van der Waals surface area contributed by atoms with Crippen LogP contribution in [0.2, 0.25) is 0 Å². The van der Waals surface area contributed by atoms with Crippen LogP contribution in [0.15, 0.2) is 12.1 Å². The summed E-state index contributed by atoms with van der Waals surface area (Å²) in [5, 5.41) is 0. The molecule has 18 heavy (non-hydrogen) atoms. The Morgan fingerprint density at radius 2 is 1.67 bits per heavy atom. The van der Waals surface area contributed by atoms with Gasteiger partial charge in [0.1, 0.15) is 0 Å². The molecule has 98 valence electrons. The Kier molecular flexibility index (Phi) is 3.12. The summed E-state index contributed by atoms with van der Waals surface area (Å²) < 4.78 is 0. The van der Waals surface area contributed by atoms with Crippen molar-refractivity contribution in [2.45, 2.75) is 65.2 Å². The van der Waals surface area contributed by atoms with Crippen molar-refractivity contribution < 1.29 is 4.79 Å². The Balaban J connectivity index is 2.73. The zero-order valence-corrected chi connectivity index (χ0v) is 12.4. The van der Waals surface area contributed by atoms with Crippen LogP contribution in [-0.2, 0) is 5.41 Å². The van der Waals surface area contributed by atoms with E-state index < -0.39 is 0 Å². The highest BCUT2D eigenvalue weighted by molar-refractivity contribution is 6.03. The average molecular weight is 244 g/mol. The second-order valence-electron chi connectivity index (χ2n) is 6.83. The van der Waals surface area contributed by atoms with Crippen molar-refractivity contribution in [2.75, 3.05) is 0 Å². The summed E-state index contributed by atoms with van der Waals surface area (Å²) >= 11 is 0. The van der Waals surface area contributed by atoms with E-state index in [9.17, 15) is 4.79 Å². The maximum absolute atomic E-state index is 12.3. The molecule has 0 saturated heterocycles. The minimum Gasteiger partial charge on any atom is -0.294 e. The lowest BCUT2D eigenvalue weighted by Gasteiger charge is -2.22. The molecule has 0 aromatic heterocycles. The molecule has 0 radical (unpaired) electrons. The van der Waals surface area contributed by atoms with Gasteiger partial charge in [-0.3, -0.25) is 4.79 Å². The molecule has 1 aliphatic carbocycles. The molecule has 1 aliphatic rings. The molecule has 0 heterocycles. The van der Waals surface area contributed by atoms with Gasteiger partial charge in [0.2, 0.25) is 0 Å². The van der Waals surface area contributed by atoms with Gasteiger partial charge in [0.05, 0.1) is 0 Å². The van der Waals surface area contributed by atoms with Crippen LogP contribution in [0.3, 0.4) is 0 Å². The summed E-state index contributed by atoms with van der Waals surface area (Å²) in [6.07, 6.45) is 0.656. The third-order valence-electron chi connectivity index (χ3n) is 4.09. The zero-order valence-electron chi connectivity index (χ0n) is 12.4. The molecule has 0 spiro atoms. The lowest BCUT2D eigenvalue weighted by Crippen LogP contribution is -2.13. The van der Waals surface area contributed by atoms with E-state index in [-0.39, 0.29) is 5.41 Å². The number of hydrogen-bond donors (Lipinski definition) is 0. The number of ketones is 1. The van der Waals surface area contributed by atoms with E-state index in [1.165, 1.54) is 16.7 Å². The highest BCUT2D eigenvalue weighted by Gasteiger charge is 2.38. The van der Waals surface area contributed by atoms with Gasteiger partial charge in [-0.2, -0.15) is 0 Å². The molecule has 0 bridgehead atoms. The van der Waals surface area contributed by atoms with E-state index in [0.717, 1.165) is 5.56 Å². The SMILES string of the molecule is CC(C)c1cc(C(C)C)c2c(c1)C(C)(C)CC2=O. The first-order valence-electron chi connectivity index (χ1n) is 6.95. The van der Waals surface area contributed by atoms with Gasteiger partial charge >= 0.3 is 0 Å². The standard InChI is InChI=1S/C17H24O/c1-10(2)12-7-13(11(3)4)16-14(8-12)17(5,6)9-15(16)18/h7-8,10-11H,9H2,1-6H3. The van der Waals surface area contributed by atoms with Gasteiger partial charge < -0.3 is 0 Å². The van der Waals surface area contributed by atoms with Crippen LogP contribution in [0.1, 0.15) is 86.8 Å². The molecule has 0 saturated carbocycles. The second-order valence-corrected chi connectivity index (χ2v) is 6.83. The van der Waals surface area contributed by atoms with Crippen molar-refractivity contribution in [1.82, 2.24) is 0 Å². The van der Waals surface area contributed by atoms with Gasteiger partial charge in [-0.1, -0.05) is 53.7 Å². The van der Waals surface area contributed by atoms with Crippen molar-refractivity contribution in [3.8, 4) is 0 Å². The minimum atomic E-state index is 0.000949. The third-order valence-corrected chi connectivity index (χ3v) is 4.09. The summed E-state index contributed by atoms with van der Waals surface area (Å²) in [5.41, 5.74) is 4.88. The molecule has 0 aliphatic heterocycles. The number of carbonyl (C=O) groups is 1. The van der Waals surface area contributed by atoms with Crippen molar-refractivity contribution in [3.63, 3.8) is 0 Å².